The van der Waals surface area contributed by atoms with Gasteiger partial charge < -0.3 is 10.1 Å². The predicted molar refractivity (Wildman–Crippen MR) is 93.3 cm³/mol. The highest BCUT2D eigenvalue weighted by molar-refractivity contribution is 14.1. The van der Waals surface area contributed by atoms with Gasteiger partial charge in [0.2, 0.25) is 0 Å². The highest BCUT2D eigenvalue weighted by Gasteiger charge is 2.14. The molecule has 0 saturated carbocycles. The highest BCUT2D eigenvalue weighted by Crippen LogP contribution is 2.31. The van der Waals surface area contributed by atoms with Gasteiger partial charge in [-0.05, 0) is 52.9 Å². The van der Waals surface area contributed by atoms with Crippen molar-refractivity contribution < 1.29 is 18.3 Å². The molecule has 0 atom stereocenters. The largest absolute Gasteiger partial charge is 0.465 e. The van der Waals surface area contributed by atoms with Crippen LogP contribution in [0.2, 0.25) is 0 Å². The number of nitrogens with one attached hydrogen (secondary N) is 1. The summed E-state index contributed by atoms with van der Waals surface area (Å²) in [5.74, 6) is -2.29. The second-order valence-electron chi connectivity index (χ2n) is 4.54. The Morgan fingerprint density at radius 2 is 2.04 bits per heavy atom. The van der Waals surface area contributed by atoms with E-state index in [-0.39, 0.29) is 9.26 Å². The summed E-state index contributed by atoms with van der Waals surface area (Å²) in [6.45, 7) is 0. The number of esters is 1. The molecule has 8 heteroatoms. The van der Waals surface area contributed by atoms with E-state index in [2.05, 4.69) is 15.0 Å². The zero-order valence-corrected chi connectivity index (χ0v) is 14.7. The Hall–Kier alpha value is -1.81. The molecule has 0 aliphatic carbocycles. The zero-order valence-electron chi connectivity index (χ0n) is 11.7. The van der Waals surface area contributed by atoms with Crippen molar-refractivity contribution >= 4 is 60.9 Å². The summed E-state index contributed by atoms with van der Waals surface area (Å²) in [7, 11) is 1.31. The van der Waals surface area contributed by atoms with E-state index in [1.165, 1.54) is 30.6 Å². The lowest BCUT2D eigenvalue weighted by atomic mass is 10.2. The number of halogens is 3. The van der Waals surface area contributed by atoms with Crippen LogP contribution in [-0.4, -0.2) is 18.1 Å². The SMILES string of the molecule is COC(=O)c1ccc2nc(Nc3ccc(I)c(F)c3F)sc2c1. The lowest BCUT2D eigenvalue weighted by Crippen LogP contribution is -1.99. The summed E-state index contributed by atoms with van der Waals surface area (Å²) in [4.78, 5) is 15.8. The fraction of sp³-hybridized carbons (Fsp3) is 0.0667. The minimum atomic E-state index is -0.952. The van der Waals surface area contributed by atoms with Gasteiger partial charge >= 0.3 is 5.97 Å². The van der Waals surface area contributed by atoms with Gasteiger partial charge in [-0.3, -0.25) is 0 Å². The number of anilines is 2. The number of fused-ring (bicyclic) bond motifs is 1. The second kappa shape index (κ2) is 6.36. The Kier molecular flexibility index (Phi) is 4.44. The fourth-order valence-electron chi connectivity index (χ4n) is 1.96. The number of methoxy groups -OCH3 is 1. The molecule has 1 heterocycles. The summed E-state index contributed by atoms with van der Waals surface area (Å²) in [6.07, 6.45) is 0. The van der Waals surface area contributed by atoms with Gasteiger partial charge in [-0.1, -0.05) is 11.3 Å². The van der Waals surface area contributed by atoms with E-state index < -0.39 is 17.6 Å². The van der Waals surface area contributed by atoms with E-state index in [9.17, 15) is 13.6 Å². The zero-order chi connectivity index (χ0) is 16.6. The van der Waals surface area contributed by atoms with E-state index in [0.29, 0.717) is 16.2 Å². The molecule has 0 spiro atoms. The average molecular weight is 446 g/mol. The highest BCUT2D eigenvalue weighted by atomic mass is 127. The number of ether oxygens (including phenoxy) is 1. The van der Waals surface area contributed by atoms with Gasteiger partial charge in [0.05, 0.1) is 32.1 Å². The molecule has 3 rings (SSSR count). The van der Waals surface area contributed by atoms with Crippen LogP contribution in [0.5, 0.6) is 0 Å². The molecular weight excluding hydrogens is 437 g/mol. The van der Waals surface area contributed by atoms with E-state index in [1.807, 2.05) is 0 Å². The third-order valence-corrected chi connectivity index (χ3v) is 4.85. The molecule has 1 aromatic heterocycles. The lowest BCUT2D eigenvalue weighted by Gasteiger charge is -2.05. The molecule has 2 aromatic carbocycles. The maximum atomic E-state index is 13.9. The summed E-state index contributed by atoms with van der Waals surface area (Å²) in [5.41, 5.74) is 1.06. The first-order valence-corrected chi connectivity index (χ1v) is 8.28. The second-order valence-corrected chi connectivity index (χ2v) is 6.73. The molecule has 0 aliphatic heterocycles. The van der Waals surface area contributed by atoms with Gasteiger partial charge in [0.1, 0.15) is 0 Å². The van der Waals surface area contributed by atoms with Crippen molar-refractivity contribution in [2.45, 2.75) is 0 Å². The topological polar surface area (TPSA) is 51.2 Å². The summed E-state index contributed by atoms with van der Waals surface area (Å²) >= 11 is 2.95. The maximum absolute atomic E-state index is 13.9. The molecule has 118 valence electrons. The molecule has 1 N–H and O–H groups in total. The number of carbonyl (C=O) groups is 1. The summed E-state index contributed by atoms with van der Waals surface area (Å²) in [6, 6.07) is 7.85. The molecule has 0 bridgehead atoms. The molecular formula is C15H9F2IN2O2S. The molecule has 4 nitrogen and oxygen atoms in total. The van der Waals surface area contributed by atoms with Crippen molar-refractivity contribution in [2.75, 3.05) is 12.4 Å². The van der Waals surface area contributed by atoms with Crippen LogP contribution in [0, 0.1) is 15.2 Å². The van der Waals surface area contributed by atoms with Gasteiger partial charge in [-0.25, -0.2) is 18.6 Å². The van der Waals surface area contributed by atoms with E-state index in [1.54, 1.807) is 40.8 Å². The van der Waals surface area contributed by atoms with Gasteiger partial charge in [-0.2, -0.15) is 0 Å². The number of thiazole rings is 1. The normalized spacial score (nSPS) is 10.8. The molecule has 23 heavy (non-hydrogen) atoms. The van der Waals surface area contributed by atoms with Crippen molar-refractivity contribution in [3.63, 3.8) is 0 Å². The summed E-state index contributed by atoms with van der Waals surface area (Å²) < 4.78 is 33.1. The number of carbonyl (C=O) groups excluding carboxylic acids is 1. The predicted octanol–water partition coefficient (Wildman–Crippen LogP) is 4.71. The van der Waals surface area contributed by atoms with E-state index >= 15 is 0 Å². The molecule has 0 radical (unpaired) electrons. The molecule has 3 aromatic rings. The Morgan fingerprint density at radius 1 is 1.26 bits per heavy atom. The quantitative estimate of drug-likeness (QED) is 0.360. The van der Waals surface area contributed by atoms with Gasteiger partial charge in [0.15, 0.2) is 16.8 Å². The number of hydrogen-bond donors (Lipinski definition) is 1. The molecule has 0 aliphatic rings. The summed E-state index contributed by atoms with van der Waals surface area (Å²) in [5, 5.41) is 3.17. The van der Waals surface area contributed by atoms with Gasteiger partial charge in [-0.15, -0.1) is 0 Å². The number of aromatic nitrogens is 1. The van der Waals surface area contributed by atoms with Crippen LogP contribution in [0.1, 0.15) is 10.4 Å². The number of nitrogens with zero attached hydrogens (tertiary/aromatic N) is 1. The molecule has 0 amide bonds. The smallest absolute Gasteiger partial charge is 0.337 e. The first kappa shape index (κ1) is 16.1. The van der Waals surface area contributed by atoms with Crippen molar-refractivity contribution in [3.8, 4) is 0 Å². The number of hydrogen-bond acceptors (Lipinski definition) is 5. The minimum Gasteiger partial charge on any atom is -0.465 e. The van der Waals surface area contributed by atoms with Crippen molar-refractivity contribution in [2.24, 2.45) is 0 Å². The lowest BCUT2D eigenvalue weighted by molar-refractivity contribution is 0.0601. The molecule has 0 unspecified atom stereocenters. The average Bonchev–Trinajstić information content (AvgIpc) is 2.96. The number of rotatable bonds is 3. The fourth-order valence-corrected chi connectivity index (χ4v) is 3.29. The van der Waals surface area contributed by atoms with E-state index in [4.69, 9.17) is 0 Å². The van der Waals surface area contributed by atoms with Gasteiger partial charge in [0.25, 0.3) is 0 Å². The Bertz CT molecular complexity index is 914. The van der Waals surface area contributed by atoms with Crippen molar-refractivity contribution in [1.82, 2.24) is 4.98 Å². The Labute approximate surface area is 147 Å². The third kappa shape index (κ3) is 3.13. The van der Waals surface area contributed by atoms with Crippen molar-refractivity contribution in [1.29, 1.82) is 0 Å². The molecule has 0 fully saturated rings. The van der Waals surface area contributed by atoms with Crippen LogP contribution in [0.25, 0.3) is 10.2 Å². The first-order valence-electron chi connectivity index (χ1n) is 6.39. The van der Waals surface area contributed by atoms with Crippen LogP contribution in [-0.2, 0) is 4.74 Å². The van der Waals surface area contributed by atoms with Crippen LogP contribution in [0.4, 0.5) is 19.6 Å². The minimum absolute atomic E-state index is 0.00941. The van der Waals surface area contributed by atoms with Gasteiger partial charge in [0, 0.05) is 0 Å². The first-order chi connectivity index (χ1) is 11.0. The monoisotopic (exact) mass is 446 g/mol. The van der Waals surface area contributed by atoms with Crippen LogP contribution in [0.15, 0.2) is 30.3 Å². The standard InChI is InChI=1S/C15H9F2IN2O2S/c1-22-14(21)7-2-4-9-11(6-7)23-15(19-9)20-10-5-3-8(18)12(16)13(10)17/h2-6H,1H3,(H,19,20). The van der Waals surface area contributed by atoms with Crippen LogP contribution >= 0.6 is 33.9 Å². The van der Waals surface area contributed by atoms with Crippen LogP contribution in [0.3, 0.4) is 0 Å². The van der Waals surface area contributed by atoms with Crippen LogP contribution < -0.4 is 5.32 Å². The maximum Gasteiger partial charge on any atom is 0.337 e. The van der Waals surface area contributed by atoms with Crippen molar-refractivity contribution in [3.05, 3.63) is 51.1 Å². The number of benzene rings is 2. The third-order valence-electron chi connectivity index (χ3n) is 3.09. The Morgan fingerprint density at radius 3 is 2.78 bits per heavy atom. The van der Waals surface area contributed by atoms with E-state index in [0.717, 1.165) is 4.70 Å². The Balaban J connectivity index is 1.95. The molecule has 0 saturated heterocycles.